The fourth-order valence-corrected chi connectivity index (χ4v) is 3.44. The average Bonchev–Trinajstić information content (AvgIpc) is 3.06. The molecule has 2 heterocycles. The van der Waals surface area contributed by atoms with Crippen molar-refractivity contribution in [2.24, 2.45) is 5.11 Å². The maximum absolute atomic E-state index is 12.6. The van der Waals surface area contributed by atoms with Crippen LogP contribution in [0.25, 0.3) is 10.4 Å². The number of esters is 3. The van der Waals surface area contributed by atoms with Crippen LogP contribution in [0.4, 0.5) is 5.82 Å². The molecule has 0 bridgehead atoms. The first-order valence-electron chi connectivity index (χ1n) is 11.3. The molecule has 0 saturated carbocycles. The highest BCUT2D eigenvalue weighted by Gasteiger charge is 2.61. The monoisotopic (exact) mass is 494 g/mol. The summed E-state index contributed by atoms with van der Waals surface area (Å²) in [6.45, 7) is 4.62. The summed E-state index contributed by atoms with van der Waals surface area (Å²) in [5.74, 6) is -2.04. The summed E-state index contributed by atoms with van der Waals surface area (Å²) in [5.41, 5.74) is 11.9. The summed E-state index contributed by atoms with van der Waals surface area (Å²) in [6.07, 6.45) is -1.68. The van der Waals surface area contributed by atoms with Gasteiger partial charge in [0, 0.05) is 30.4 Å². The van der Waals surface area contributed by atoms with E-state index in [2.05, 4.69) is 15.0 Å². The van der Waals surface area contributed by atoms with Gasteiger partial charge in [0.1, 0.15) is 12.4 Å². The minimum absolute atomic E-state index is 0.00212. The molecule has 1 aromatic heterocycles. The van der Waals surface area contributed by atoms with Gasteiger partial charge in [-0.2, -0.15) is 4.98 Å². The summed E-state index contributed by atoms with van der Waals surface area (Å²) < 4.78 is 23.3. The second-order valence-corrected chi connectivity index (χ2v) is 7.86. The maximum atomic E-state index is 12.6. The van der Waals surface area contributed by atoms with Crippen LogP contribution in [0.2, 0.25) is 0 Å². The van der Waals surface area contributed by atoms with Crippen LogP contribution in [0, 0.1) is 0 Å². The number of anilines is 1. The lowest BCUT2D eigenvalue weighted by molar-refractivity contribution is -0.179. The Morgan fingerprint density at radius 1 is 1.14 bits per heavy atom. The van der Waals surface area contributed by atoms with Gasteiger partial charge in [-0.25, -0.2) is 4.79 Å². The van der Waals surface area contributed by atoms with Crippen molar-refractivity contribution in [1.29, 1.82) is 0 Å². The number of azide groups is 1. The number of nitrogens with two attached hydrogens (primary N) is 1. The van der Waals surface area contributed by atoms with Gasteiger partial charge in [-0.15, -0.1) is 0 Å². The van der Waals surface area contributed by atoms with Gasteiger partial charge >= 0.3 is 23.6 Å². The van der Waals surface area contributed by atoms with Crippen LogP contribution in [-0.4, -0.2) is 52.0 Å². The van der Waals surface area contributed by atoms with Gasteiger partial charge < -0.3 is 24.7 Å². The lowest BCUT2D eigenvalue weighted by atomic mass is 10.0. The van der Waals surface area contributed by atoms with Gasteiger partial charge in [0.2, 0.25) is 5.72 Å². The Kier molecular flexibility index (Phi) is 10.0. The molecule has 2 N–H and O–H groups in total. The first-order valence-corrected chi connectivity index (χ1v) is 11.3. The minimum atomic E-state index is -2.13. The largest absolute Gasteiger partial charge is 0.462 e. The maximum Gasteiger partial charge on any atom is 0.351 e. The molecular formula is C21H30N6O8. The second-order valence-electron chi connectivity index (χ2n) is 7.86. The Labute approximate surface area is 201 Å². The van der Waals surface area contributed by atoms with Crippen LogP contribution >= 0.6 is 0 Å². The molecule has 1 aliphatic rings. The molecule has 1 fully saturated rings. The first kappa shape index (κ1) is 27.6. The highest BCUT2D eigenvalue weighted by atomic mass is 16.7. The number of nitrogen functional groups attached to an aromatic ring is 1. The van der Waals surface area contributed by atoms with Crippen molar-refractivity contribution in [2.45, 2.75) is 83.5 Å². The molecule has 4 atom stereocenters. The number of carbonyl (C=O) groups is 3. The van der Waals surface area contributed by atoms with Crippen molar-refractivity contribution >= 4 is 23.7 Å². The molecule has 1 aliphatic heterocycles. The van der Waals surface area contributed by atoms with Crippen molar-refractivity contribution < 1.29 is 33.3 Å². The minimum Gasteiger partial charge on any atom is -0.462 e. The number of ether oxygens (including phenoxy) is 4. The van der Waals surface area contributed by atoms with Crippen molar-refractivity contribution in [3.05, 3.63) is 33.2 Å². The highest BCUT2D eigenvalue weighted by Crippen LogP contribution is 2.42. The molecule has 14 heteroatoms. The summed E-state index contributed by atoms with van der Waals surface area (Å²) in [6, 6.07) is 1.31. The fraction of sp³-hybridized carbons (Fsp3) is 0.667. The number of rotatable bonds is 12. The number of carbonyl (C=O) groups excluding carboxylic acids is 3. The van der Waals surface area contributed by atoms with Gasteiger partial charge in [0.15, 0.2) is 18.4 Å². The average molecular weight is 495 g/mol. The van der Waals surface area contributed by atoms with E-state index in [1.165, 1.54) is 12.3 Å². The number of aromatic nitrogens is 2. The molecular weight excluding hydrogens is 464 g/mol. The predicted molar refractivity (Wildman–Crippen MR) is 120 cm³/mol. The zero-order chi connectivity index (χ0) is 26.0. The summed E-state index contributed by atoms with van der Waals surface area (Å²) in [4.78, 5) is 56.0. The summed E-state index contributed by atoms with van der Waals surface area (Å²) >= 11 is 0. The number of hydrogen-bond acceptors (Lipinski definition) is 11. The number of hydrogen-bond donors (Lipinski definition) is 1. The zero-order valence-corrected chi connectivity index (χ0v) is 19.9. The third-order valence-corrected chi connectivity index (χ3v) is 5.02. The van der Waals surface area contributed by atoms with Gasteiger partial charge in [-0.05, 0) is 30.9 Å². The standard InChI is InChI=1S/C21H30N6O8/c1-4-7-14(28)32-12-21(25-26-23)18(34-16(30)9-6-3)17(33-15(29)8-5-2)19(35-21)27-11-10-13(22)24-20(27)31/h10-11,17-19H,4-9,12H2,1-3H3,(H2,22,24,31)/t17-,18+,19+,21-/m1/s1. The molecule has 0 amide bonds. The normalized spacial score (nSPS) is 23.2. The van der Waals surface area contributed by atoms with Crippen LogP contribution in [0.5, 0.6) is 0 Å². The van der Waals surface area contributed by atoms with Crippen LogP contribution in [0.3, 0.4) is 0 Å². The van der Waals surface area contributed by atoms with E-state index in [1.807, 2.05) is 0 Å². The molecule has 1 aromatic rings. The van der Waals surface area contributed by atoms with Gasteiger partial charge in [0.05, 0.1) is 0 Å². The Bertz CT molecular complexity index is 1020. The molecule has 192 valence electrons. The SMILES string of the molecule is CCCC(=O)OC[C@@]1(N=[N+]=[N-])O[C@H](n2ccc(N)nc2=O)[C@H](OC(=O)CCC)[C@@H]1OC(=O)CCC. The van der Waals surface area contributed by atoms with Crippen LogP contribution < -0.4 is 11.4 Å². The molecule has 1 saturated heterocycles. The van der Waals surface area contributed by atoms with E-state index in [-0.39, 0.29) is 25.1 Å². The van der Waals surface area contributed by atoms with Crippen LogP contribution in [0.15, 0.2) is 22.2 Å². The molecule has 0 radical (unpaired) electrons. The predicted octanol–water partition coefficient (Wildman–Crippen LogP) is 2.13. The first-order chi connectivity index (χ1) is 16.7. The third kappa shape index (κ3) is 6.93. The van der Waals surface area contributed by atoms with E-state index in [9.17, 15) is 24.7 Å². The summed E-state index contributed by atoms with van der Waals surface area (Å²) in [5, 5.41) is 3.66. The van der Waals surface area contributed by atoms with Gasteiger partial charge in [0.25, 0.3) is 0 Å². The molecule has 14 nitrogen and oxygen atoms in total. The molecule has 0 aliphatic carbocycles. The molecule has 0 aromatic carbocycles. The van der Waals surface area contributed by atoms with E-state index in [1.54, 1.807) is 20.8 Å². The molecule has 2 rings (SSSR count). The van der Waals surface area contributed by atoms with E-state index < -0.39 is 54.4 Å². The van der Waals surface area contributed by atoms with Crippen molar-refractivity contribution in [3.63, 3.8) is 0 Å². The Hall–Kier alpha value is -3.64. The smallest absolute Gasteiger partial charge is 0.351 e. The second kappa shape index (κ2) is 12.7. The van der Waals surface area contributed by atoms with E-state index in [0.29, 0.717) is 19.3 Å². The third-order valence-electron chi connectivity index (χ3n) is 5.02. The fourth-order valence-electron chi connectivity index (χ4n) is 3.44. The quantitative estimate of drug-likeness (QED) is 0.148. The zero-order valence-electron chi connectivity index (χ0n) is 19.9. The molecule has 35 heavy (non-hydrogen) atoms. The Morgan fingerprint density at radius 2 is 1.74 bits per heavy atom. The Balaban J connectivity index is 2.62. The van der Waals surface area contributed by atoms with E-state index >= 15 is 0 Å². The summed E-state index contributed by atoms with van der Waals surface area (Å²) in [7, 11) is 0. The molecule has 0 unspecified atom stereocenters. The number of nitrogens with zero attached hydrogens (tertiary/aromatic N) is 5. The van der Waals surface area contributed by atoms with Crippen molar-refractivity contribution in [1.82, 2.24) is 9.55 Å². The van der Waals surface area contributed by atoms with Crippen molar-refractivity contribution in [2.75, 3.05) is 12.3 Å². The van der Waals surface area contributed by atoms with Gasteiger partial charge in [-0.3, -0.25) is 19.0 Å². The lowest BCUT2D eigenvalue weighted by Crippen LogP contribution is -2.49. The Morgan fingerprint density at radius 3 is 2.31 bits per heavy atom. The van der Waals surface area contributed by atoms with Crippen LogP contribution in [-0.2, 0) is 33.3 Å². The lowest BCUT2D eigenvalue weighted by Gasteiger charge is -2.29. The van der Waals surface area contributed by atoms with Crippen LogP contribution in [0.1, 0.15) is 65.5 Å². The van der Waals surface area contributed by atoms with E-state index in [0.717, 1.165) is 4.57 Å². The topological polar surface area (TPSA) is 198 Å². The molecule has 0 spiro atoms. The van der Waals surface area contributed by atoms with E-state index in [4.69, 9.17) is 24.7 Å². The highest BCUT2D eigenvalue weighted by molar-refractivity contribution is 5.71. The van der Waals surface area contributed by atoms with Crippen molar-refractivity contribution in [3.8, 4) is 0 Å². The van der Waals surface area contributed by atoms with Gasteiger partial charge in [-0.1, -0.05) is 25.9 Å².